The number of carbonyl (C=O) groups excluding carboxylic acids is 1. The van der Waals surface area contributed by atoms with Gasteiger partial charge in [0.05, 0.1) is 18.8 Å². The van der Waals surface area contributed by atoms with Crippen molar-refractivity contribution in [3.63, 3.8) is 0 Å². The molecule has 1 fully saturated rings. The molecule has 0 heterocycles. The van der Waals surface area contributed by atoms with Crippen molar-refractivity contribution in [1.29, 1.82) is 0 Å². The normalized spacial score (nSPS) is 17.4. The lowest BCUT2D eigenvalue weighted by Gasteiger charge is -2.32. The third-order valence-corrected chi connectivity index (χ3v) is 6.72. The first kappa shape index (κ1) is 20.3. The molecule has 1 N–H and O–H groups in total. The average molecular weight is 385 g/mol. The van der Waals surface area contributed by atoms with Gasteiger partial charge in [-0.05, 0) is 43.7 Å². The Morgan fingerprint density at radius 1 is 1.24 bits per heavy atom. The molecular formula is C18H28N2O3S2. The number of rotatable bonds is 7. The van der Waals surface area contributed by atoms with Crippen LogP contribution >= 0.6 is 11.8 Å². The van der Waals surface area contributed by atoms with Crippen molar-refractivity contribution in [2.45, 2.75) is 56.0 Å². The monoisotopic (exact) mass is 384 g/mol. The largest absolute Gasteiger partial charge is 0.348 e. The van der Waals surface area contributed by atoms with Crippen molar-refractivity contribution in [3.8, 4) is 0 Å². The molecular weight excluding hydrogens is 356 g/mol. The standard InChI is InChI=1S/C18H28N2O3S2/c1-14(15-9-11-17(24-2)12-10-15)19-18(21)13-20(25(3,22)23)16-7-5-4-6-8-16/h9-12,14,16H,4-8,13H2,1-3H3,(H,19,21). The predicted octanol–water partition coefficient (Wildman–Crippen LogP) is 3.18. The minimum absolute atomic E-state index is 0.0503. The van der Waals surface area contributed by atoms with E-state index in [4.69, 9.17) is 0 Å². The van der Waals surface area contributed by atoms with Crippen molar-refractivity contribution in [1.82, 2.24) is 9.62 Å². The number of nitrogens with zero attached hydrogens (tertiary/aromatic N) is 1. The summed E-state index contributed by atoms with van der Waals surface area (Å²) in [7, 11) is -3.40. The molecule has 0 spiro atoms. The third-order valence-electron chi connectivity index (χ3n) is 4.70. The zero-order valence-electron chi connectivity index (χ0n) is 15.2. The SMILES string of the molecule is CSc1ccc(C(C)NC(=O)CN(C2CCCCC2)S(C)(=O)=O)cc1. The van der Waals surface area contributed by atoms with Crippen LogP contribution in [-0.4, -0.2) is 43.7 Å². The summed E-state index contributed by atoms with van der Waals surface area (Å²) in [5, 5.41) is 2.92. The molecule has 0 saturated heterocycles. The molecule has 0 aromatic heterocycles. The van der Waals surface area contributed by atoms with E-state index in [0.29, 0.717) is 0 Å². The topological polar surface area (TPSA) is 66.5 Å². The number of nitrogens with one attached hydrogen (secondary N) is 1. The summed E-state index contributed by atoms with van der Waals surface area (Å²) >= 11 is 1.67. The van der Waals surface area contributed by atoms with Gasteiger partial charge in [0.2, 0.25) is 15.9 Å². The first-order valence-corrected chi connectivity index (χ1v) is 11.8. The summed E-state index contributed by atoms with van der Waals surface area (Å²) in [6.45, 7) is 1.81. The first-order valence-electron chi connectivity index (χ1n) is 8.71. The highest BCUT2D eigenvalue weighted by Gasteiger charge is 2.30. The molecule has 7 heteroatoms. The van der Waals surface area contributed by atoms with Gasteiger partial charge in [-0.2, -0.15) is 4.31 Å². The zero-order chi connectivity index (χ0) is 18.4. The molecule has 25 heavy (non-hydrogen) atoms. The lowest BCUT2D eigenvalue weighted by molar-refractivity contribution is -0.122. The van der Waals surface area contributed by atoms with Crippen molar-refractivity contribution in [3.05, 3.63) is 29.8 Å². The van der Waals surface area contributed by atoms with E-state index in [1.165, 1.54) is 15.5 Å². The molecule has 1 saturated carbocycles. The number of sulfonamides is 1. The number of thioether (sulfide) groups is 1. The molecule has 1 aliphatic rings. The first-order chi connectivity index (χ1) is 11.8. The molecule has 1 unspecified atom stereocenters. The summed E-state index contributed by atoms with van der Waals surface area (Å²) in [6, 6.07) is 7.82. The molecule has 1 aromatic rings. The molecule has 1 amide bonds. The Balaban J connectivity index is 1.99. The maximum Gasteiger partial charge on any atom is 0.235 e. The number of carbonyl (C=O) groups is 1. The molecule has 2 rings (SSSR count). The highest BCUT2D eigenvalue weighted by atomic mass is 32.2. The second kappa shape index (κ2) is 9.05. The molecule has 1 aliphatic carbocycles. The van der Waals surface area contributed by atoms with Crippen LogP contribution < -0.4 is 5.32 Å². The van der Waals surface area contributed by atoms with Gasteiger partial charge in [0.15, 0.2) is 0 Å². The van der Waals surface area contributed by atoms with Crippen LogP contribution in [0.5, 0.6) is 0 Å². The van der Waals surface area contributed by atoms with Crippen molar-refractivity contribution in [2.24, 2.45) is 0 Å². The minimum Gasteiger partial charge on any atom is -0.348 e. The van der Waals surface area contributed by atoms with Crippen LogP contribution in [-0.2, 0) is 14.8 Å². The molecule has 0 bridgehead atoms. The zero-order valence-corrected chi connectivity index (χ0v) is 16.8. The maximum atomic E-state index is 12.4. The van der Waals surface area contributed by atoms with Gasteiger partial charge in [-0.3, -0.25) is 4.79 Å². The molecule has 1 aromatic carbocycles. The Morgan fingerprint density at radius 2 is 1.84 bits per heavy atom. The van der Waals surface area contributed by atoms with Crippen LogP contribution in [0.3, 0.4) is 0 Å². The highest BCUT2D eigenvalue weighted by Crippen LogP contribution is 2.24. The van der Waals surface area contributed by atoms with E-state index >= 15 is 0 Å². The van der Waals surface area contributed by atoms with E-state index < -0.39 is 10.0 Å². The second-order valence-corrected chi connectivity index (χ2v) is 9.48. The van der Waals surface area contributed by atoms with Gasteiger partial charge in [-0.1, -0.05) is 31.4 Å². The number of hydrogen-bond acceptors (Lipinski definition) is 4. The molecule has 140 valence electrons. The van der Waals surface area contributed by atoms with Crippen LogP contribution in [0.15, 0.2) is 29.2 Å². The summed E-state index contributed by atoms with van der Waals surface area (Å²) in [5.41, 5.74) is 1.01. The average Bonchev–Trinajstić information content (AvgIpc) is 2.59. The Morgan fingerprint density at radius 3 is 2.36 bits per heavy atom. The lowest BCUT2D eigenvalue weighted by Crippen LogP contribution is -2.46. The van der Waals surface area contributed by atoms with E-state index in [0.717, 1.165) is 37.7 Å². The number of amides is 1. The summed E-state index contributed by atoms with van der Waals surface area (Å²) in [6.07, 6.45) is 8.08. The van der Waals surface area contributed by atoms with Crippen molar-refractivity contribution >= 4 is 27.7 Å². The van der Waals surface area contributed by atoms with E-state index in [-0.39, 0.29) is 24.5 Å². The van der Waals surface area contributed by atoms with Gasteiger partial charge in [0.1, 0.15) is 0 Å². The summed E-state index contributed by atoms with van der Waals surface area (Å²) in [4.78, 5) is 13.6. The van der Waals surface area contributed by atoms with Crippen LogP contribution in [0.25, 0.3) is 0 Å². The van der Waals surface area contributed by atoms with Crippen LogP contribution in [0.4, 0.5) is 0 Å². The molecule has 1 atom stereocenters. The summed E-state index contributed by atoms with van der Waals surface area (Å²) < 4.78 is 25.7. The molecule has 0 radical (unpaired) electrons. The Labute approximate surface area is 155 Å². The number of hydrogen-bond donors (Lipinski definition) is 1. The van der Waals surface area contributed by atoms with E-state index in [1.54, 1.807) is 11.8 Å². The minimum atomic E-state index is -3.40. The Kier molecular flexibility index (Phi) is 7.34. The van der Waals surface area contributed by atoms with Crippen molar-refractivity contribution < 1.29 is 13.2 Å². The van der Waals surface area contributed by atoms with Crippen LogP contribution in [0.2, 0.25) is 0 Å². The van der Waals surface area contributed by atoms with E-state index in [9.17, 15) is 13.2 Å². The van der Waals surface area contributed by atoms with Gasteiger partial charge in [-0.15, -0.1) is 11.8 Å². The Bertz CT molecular complexity index is 668. The summed E-state index contributed by atoms with van der Waals surface area (Å²) in [5.74, 6) is -0.252. The third kappa shape index (κ3) is 6.01. The maximum absolute atomic E-state index is 12.4. The number of benzene rings is 1. The smallest absolute Gasteiger partial charge is 0.235 e. The quantitative estimate of drug-likeness (QED) is 0.733. The van der Waals surface area contributed by atoms with Crippen LogP contribution in [0.1, 0.15) is 50.6 Å². The molecule has 0 aliphatic heterocycles. The highest BCUT2D eigenvalue weighted by molar-refractivity contribution is 7.98. The fourth-order valence-corrected chi connectivity index (χ4v) is 4.80. The fourth-order valence-electron chi connectivity index (χ4n) is 3.29. The van der Waals surface area contributed by atoms with Crippen molar-refractivity contribution in [2.75, 3.05) is 19.1 Å². The van der Waals surface area contributed by atoms with Crippen LogP contribution in [0, 0.1) is 0 Å². The Hall–Kier alpha value is -1.05. The molecule has 5 nitrogen and oxygen atoms in total. The van der Waals surface area contributed by atoms with E-state index in [1.807, 2.05) is 37.4 Å². The van der Waals surface area contributed by atoms with Gasteiger partial charge in [0, 0.05) is 10.9 Å². The van der Waals surface area contributed by atoms with Gasteiger partial charge >= 0.3 is 0 Å². The second-order valence-electron chi connectivity index (χ2n) is 6.66. The lowest BCUT2D eigenvalue weighted by atomic mass is 9.95. The van der Waals surface area contributed by atoms with Gasteiger partial charge in [-0.25, -0.2) is 8.42 Å². The van der Waals surface area contributed by atoms with E-state index in [2.05, 4.69) is 5.32 Å². The van der Waals surface area contributed by atoms with Gasteiger partial charge in [0.25, 0.3) is 0 Å². The fraction of sp³-hybridized carbons (Fsp3) is 0.611. The van der Waals surface area contributed by atoms with Gasteiger partial charge < -0.3 is 5.32 Å². The predicted molar refractivity (Wildman–Crippen MR) is 103 cm³/mol.